The minimum absolute atomic E-state index is 0. The third-order valence-electron chi connectivity index (χ3n) is 2.54. The zero-order chi connectivity index (χ0) is 36.8. The fourth-order valence-corrected chi connectivity index (χ4v) is 1.28. The van der Waals surface area contributed by atoms with Gasteiger partial charge in [-0.1, -0.05) is 0 Å². The molecule has 16 nitrogen and oxygen atoms in total. The average molecular weight is 825 g/mol. The Labute approximate surface area is 318 Å². The summed E-state index contributed by atoms with van der Waals surface area (Å²) in [5.74, 6) is -5.00. The Bertz CT molecular complexity index is 959. The van der Waals surface area contributed by atoms with Crippen LogP contribution >= 0.6 is 0 Å². The van der Waals surface area contributed by atoms with Crippen molar-refractivity contribution in [3.63, 3.8) is 0 Å². The molecule has 0 fully saturated rings. The molecule has 0 aliphatic carbocycles. The second-order valence-corrected chi connectivity index (χ2v) is 7.69. The molecule has 0 aromatic carbocycles. The molecule has 0 saturated carbocycles. The summed E-state index contributed by atoms with van der Waals surface area (Å²) in [6, 6.07) is 11.8. The molecule has 8 N–H and O–H groups in total. The first-order valence-corrected chi connectivity index (χ1v) is 12.3. The second-order valence-electron chi connectivity index (χ2n) is 7.69. The van der Waals surface area contributed by atoms with Gasteiger partial charge in [0.2, 0.25) is 0 Å². The van der Waals surface area contributed by atoms with E-state index in [1.807, 2.05) is 57.2 Å². The van der Waals surface area contributed by atoms with Crippen LogP contribution in [0.1, 0.15) is 58.2 Å². The van der Waals surface area contributed by atoms with Crippen molar-refractivity contribution >= 4 is 35.8 Å². The molecule has 0 bridgehead atoms. The maximum absolute atomic E-state index is 9.00. The van der Waals surface area contributed by atoms with Crippen LogP contribution in [0.15, 0.2) is 73.6 Å². The van der Waals surface area contributed by atoms with E-state index in [0.717, 1.165) is 41.5 Å². The van der Waals surface area contributed by atoms with E-state index in [0.29, 0.717) is 0 Å². The Morgan fingerprint density at radius 2 is 0.449 bits per heavy atom. The van der Waals surface area contributed by atoms with Gasteiger partial charge in [0.25, 0.3) is 35.8 Å². The van der Waals surface area contributed by atoms with Crippen molar-refractivity contribution in [3.05, 3.63) is 90.3 Å². The first-order chi connectivity index (χ1) is 20.6. The van der Waals surface area contributed by atoms with Crippen molar-refractivity contribution in [1.29, 1.82) is 0 Å². The molecular formula is C30H47Fe3N3O13. The Balaban J connectivity index is -0.0000000439. The number of rotatable bonds is 0. The third-order valence-corrected chi connectivity index (χ3v) is 2.54. The van der Waals surface area contributed by atoms with Gasteiger partial charge in [0, 0.05) is 130 Å². The third kappa shape index (κ3) is 195. The number of aliphatic carboxylic acids is 6. The van der Waals surface area contributed by atoms with Gasteiger partial charge in [-0.25, -0.2) is 0 Å². The van der Waals surface area contributed by atoms with Crippen molar-refractivity contribution in [1.82, 2.24) is 15.0 Å². The number of aryl methyl sites for hydroxylation is 3. The monoisotopic (exact) mass is 825 g/mol. The predicted octanol–water partition coefficient (Wildman–Crippen LogP) is 3.88. The molecule has 0 unspecified atom stereocenters. The molecule has 0 aliphatic rings. The van der Waals surface area contributed by atoms with Gasteiger partial charge in [-0.3, -0.25) is 43.7 Å². The van der Waals surface area contributed by atoms with Crippen molar-refractivity contribution in [2.75, 3.05) is 0 Å². The van der Waals surface area contributed by atoms with Gasteiger partial charge in [-0.05, 0) is 73.9 Å². The zero-order valence-corrected chi connectivity index (χ0v) is 31.8. The van der Waals surface area contributed by atoms with Crippen LogP contribution in [0.3, 0.4) is 0 Å². The first-order valence-electron chi connectivity index (χ1n) is 12.3. The summed E-state index contributed by atoms with van der Waals surface area (Å²) >= 11 is 0. The molecule has 0 radical (unpaired) electrons. The first kappa shape index (κ1) is 71.0. The molecule has 3 aromatic rings. The van der Waals surface area contributed by atoms with E-state index < -0.39 is 35.8 Å². The minimum atomic E-state index is -0.833. The number of carboxylic acid groups (broad SMARTS) is 6. The Kier molecular flexibility index (Phi) is 81.3. The van der Waals surface area contributed by atoms with E-state index in [9.17, 15) is 0 Å². The van der Waals surface area contributed by atoms with Crippen LogP contribution < -0.4 is 0 Å². The molecular weight excluding hydrogens is 778 g/mol. The summed E-state index contributed by atoms with van der Waals surface area (Å²) in [6.45, 7) is 12.6. The molecule has 0 aliphatic heterocycles. The second kappa shape index (κ2) is 56.1. The average Bonchev–Trinajstić information content (AvgIpc) is 2.84. The van der Waals surface area contributed by atoms with E-state index >= 15 is 0 Å². The van der Waals surface area contributed by atoms with Crippen molar-refractivity contribution in [2.24, 2.45) is 0 Å². The molecule has 3 rings (SSSR count). The molecule has 19 heteroatoms. The molecule has 0 amide bonds. The summed E-state index contributed by atoms with van der Waals surface area (Å²) in [4.78, 5) is 65.5. The molecule has 3 heterocycles. The molecule has 0 spiro atoms. The Morgan fingerprint density at radius 3 is 0.490 bits per heavy atom. The normalized spacial score (nSPS) is 6.80. The van der Waals surface area contributed by atoms with Crippen molar-refractivity contribution in [3.8, 4) is 0 Å². The van der Waals surface area contributed by atoms with E-state index in [2.05, 4.69) is 15.0 Å². The SMILES string of the molecule is CC(=O)O.CC(=O)O.CC(=O)O.CC(=O)O.CC(=O)O.CC(=O)O.Cc1ccncc1.Cc1ccncc1.Cc1ccncc1.O.[Fe].[Fe].[Fe]. The Hall–Kier alpha value is -4.21. The van der Waals surface area contributed by atoms with Crippen LogP contribution in [0.2, 0.25) is 0 Å². The smallest absolute Gasteiger partial charge is 0.300 e. The number of aromatic nitrogens is 3. The topological polar surface area (TPSA) is 294 Å². The van der Waals surface area contributed by atoms with Gasteiger partial charge in [0.15, 0.2) is 0 Å². The van der Waals surface area contributed by atoms with Gasteiger partial charge in [-0.15, -0.1) is 0 Å². The van der Waals surface area contributed by atoms with E-state index in [1.54, 1.807) is 37.2 Å². The standard InChI is InChI=1S/3C6H7N.6C2H4O2.3Fe.H2O/c3*1-6-2-4-7-5-3-6;6*1-2(3)4;;;;/h3*2-5H,1H3;6*1H3,(H,3,4);;;;1H2. The van der Waals surface area contributed by atoms with Gasteiger partial charge in [0.1, 0.15) is 0 Å². The maximum atomic E-state index is 9.00. The van der Waals surface area contributed by atoms with Crippen LogP contribution in [-0.4, -0.2) is 86.9 Å². The summed E-state index contributed by atoms with van der Waals surface area (Å²) in [6.07, 6.45) is 10.7. The van der Waals surface area contributed by atoms with Crippen LogP contribution in [0.25, 0.3) is 0 Å². The van der Waals surface area contributed by atoms with Gasteiger partial charge in [0.05, 0.1) is 0 Å². The van der Waals surface area contributed by atoms with Crippen LogP contribution in [0.4, 0.5) is 0 Å². The summed E-state index contributed by atoms with van der Waals surface area (Å²) in [5.41, 5.74) is 3.78. The largest absolute Gasteiger partial charge is 0.481 e. The van der Waals surface area contributed by atoms with Crippen molar-refractivity contribution in [2.45, 2.75) is 62.3 Å². The number of hydrogen-bond donors (Lipinski definition) is 6. The molecule has 284 valence electrons. The fraction of sp³-hybridized carbons (Fsp3) is 0.300. The summed E-state index contributed by atoms with van der Waals surface area (Å²) < 4.78 is 0. The minimum Gasteiger partial charge on any atom is -0.481 e. The van der Waals surface area contributed by atoms with Crippen LogP contribution in [0, 0.1) is 20.8 Å². The van der Waals surface area contributed by atoms with E-state index in [1.165, 1.54) is 16.7 Å². The Morgan fingerprint density at radius 1 is 0.367 bits per heavy atom. The van der Waals surface area contributed by atoms with Gasteiger partial charge >= 0.3 is 0 Å². The predicted molar refractivity (Wildman–Crippen MR) is 170 cm³/mol. The number of carbonyl (C=O) groups is 6. The molecule has 3 aromatic heterocycles. The molecule has 49 heavy (non-hydrogen) atoms. The maximum Gasteiger partial charge on any atom is 0.300 e. The number of hydrogen-bond acceptors (Lipinski definition) is 9. The van der Waals surface area contributed by atoms with E-state index in [-0.39, 0.29) is 56.7 Å². The van der Waals surface area contributed by atoms with Gasteiger partial charge in [-0.2, -0.15) is 0 Å². The molecule has 0 saturated heterocycles. The summed E-state index contributed by atoms with van der Waals surface area (Å²) in [7, 11) is 0. The quantitative estimate of drug-likeness (QED) is 0.175. The number of pyridine rings is 3. The molecule has 0 atom stereocenters. The van der Waals surface area contributed by atoms with Crippen LogP contribution in [-0.2, 0) is 80.0 Å². The van der Waals surface area contributed by atoms with Crippen molar-refractivity contribution < 1.29 is 116 Å². The van der Waals surface area contributed by atoms with Gasteiger partial charge < -0.3 is 36.1 Å². The summed E-state index contributed by atoms with van der Waals surface area (Å²) in [5, 5.41) is 44.5. The fourth-order valence-electron chi connectivity index (χ4n) is 1.28. The van der Waals surface area contributed by atoms with Crippen LogP contribution in [0.5, 0.6) is 0 Å². The van der Waals surface area contributed by atoms with E-state index in [4.69, 9.17) is 59.4 Å². The zero-order valence-electron chi connectivity index (χ0n) is 28.5. The number of carboxylic acids is 6. The number of nitrogens with zero attached hydrogens (tertiary/aromatic N) is 3.